The number of carbonyl (C=O) groups is 1. The predicted molar refractivity (Wildman–Crippen MR) is 100 cm³/mol. The van der Waals surface area contributed by atoms with Crippen LogP contribution in [-0.4, -0.2) is 30.5 Å². The van der Waals surface area contributed by atoms with Gasteiger partial charge in [-0.05, 0) is 43.3 Å². The fraction of sp³-hybridized carbons (Fsp3) is 0.105. The molecule has 11 heteroatoms. The van der Waals surface area contributed by atoms with Gasteiger partial charge < -0.3 is 4.84 Å². The number of alkyl halides is 3. The minimum Gasteiger partial charge on any atom is -0.315 e. The summed E-state index contributed by atoms with van der Waals surface area (Å²) in [6.07, 6.45) is -3.85. The molecule has 2 aromatic heterocycles. The van der Waals surface area contributed by atoms with Gasteiger partial charge in [0.15, 0.2) is 5.82 Å². The van der Waals surface area contributed by atoms with E-state index in [2.05, 4.69) is 14.8 Å². The Hall–Kier alpha value is -3.47. The molecule has 0 amide bonds. The molecule has 0 fully saturated rings. The molecule has 0 bridgehead atoms. The highest BCUT2D eigenvalue weighted by Crippen LogP contribution is 2.27. The molecule has 3 aromatic rings. The number of nitrogens with zero attached hydrogens (tertiary/aromatic N) is 3. The molecule has 30 heavy (non-hydrogen) atoms. The number of rotatable bonds is 5. The van der Waals surface area contributed by atoms with E-state index in [0.29, 0.717) is 17.0 Å². The molecule has 0 unspecified atom stereocenters. The Bertz CT molecular complexity index is 1150. The molecular formula is C19H14F3N3O4S. The zero-order chi connectivity index (χ0) is 21.9. The van der Waals surface area contributed by atoms with Crippen LogP contribution in [0.4, 0.5) is 19.0 Å². The highest BCUT2D eigenvalue weighted by molar-refractivity contribution is 7.92. The van der Waals surface area contributed by atoms with Crippen LogP contribution in [0.1, 0.15) is 5.69 Å². The molecule has 156 valence electrons. The second kappa shape index (κ2) is 8.11. The molecule has 0 saturated carbocycles. The van der Waals surface area contributed by atoms with Crippen molar-refractivity contribution in [2.24, 2.45) is 0 Å². The van der Waals surface area contributed by atoms with Crippen molar-refractivity contribution in [1.82, 2.24) is 9.97 Å². The topological polar surface area (TPSA) is 89.5 Å². The molecule has 0 spiro atoms. The van der Waals surface area contributed by atoms with Crippen molar-refractivity contribution >= 4 is 21.8 Å². The van der Waals surface area contributed by atoms with Crippen LogP contribution < -0.4 is 4.47 Å². The van der Waals surface area contributed by atoms with Crippen LogP contribution in [-0.2, 0) is 19.7 Å². The van der Waals surface area contributed by atoms with E-state index >= 15 is 0 Å². The summed E-state index contributed by atoms with van der Waals surface area (Å²) >= 11 is 0. The summed E-state index contributed by atoms with van der Waals surface area (Å²) in [5, 5.41) is 0. The van der Waals surface area contributed by atoms with Crippen LogP contribution in [0.25, 0.3) is 11.3 Å². The lowest BCUT2D eigenvalue weighted by molar-refractivity contribution is -0.199. The number of hydrogen-bond acceptors (Lipinski definition) is 6. The van der Waals surface area contributed by atoms with E-state index in [0.717, 1.165) is 6.07 Å². The van der Waals surface area contributed by atoms with Gasteiger partial charge in [0.25, 0.3) is 10.0 Å². The molecule has 0 saturated heterocycles. The molecule has 0 radical (unpaired) electrons. The van der Waals surface area contributed by atoms with Crippen LogP contribution in [0, 0.1) is 6.92 Å². The van der Waals surface area contributed by atoms with Gasteiger partial charge in [0, 0.05) is 17.5 Å². The summed E-state index contributed by atoms with van der Waals surface area (Å²) in [4.78, 5) is 23.1. The fourth-order valence-corrected chi connectivity index (χ4v) is 3.59. The van der Waals surface area contributed by atoms with Crippen LogP contribution >= 0.6 is 0 Å². The molecule has 3 rings (SSSR count). The van der Waals surface area contributed by atoms with Crippen molar-refractivity contribution in [1.29, 1.82) is 0 Å². The van der Waals surface area contributed by atoms with Crippen molar-refractivity contribution in [3.8, 4) is 11.3 Å². The first-order chi connectivity index (χ1) is 14.1. The largest absolute Gasteiger partial charge is 0.493 e. The maximum atomic E-state index is 13.0. The highest BCUT2D eigenvalue weighted by atomic mass is 32.2. The van der Waals surface area contributed by atoms with Gasteiger partial charge >= 0.3 is 12.1 Å². The minimum absolute atomic E-state index is 0.133. The maximum absolute atomic E-state index is 13.0. The monoisotopic (exact) mass is 437 g/mol. The fourth-order valence-electron chi connectivity index (χ4n) is 2.40. The van der Waals surface area contributed by atoms with Crippen molar-refractivity contribution in [3.63, 3.8) is 0 Å². The summed E-state index contributed by atoms with van der Waals surface area (Å²) in [5.41, 5.74) is 1.46. The minimum atomic E-state index is -5.40. The van der Waals surface area contributed by atoms with E-state index in [9.17, 15) is 26.4 Å². The Balaban J connectivity index is 2.02. The van der Waals surface area contributed by atoms with Gasteiger partial charge in [-0.1, -0.05) is 28.7 Å². The predicted octanol–water partition coefficient (Wildman–Crippen LogP) is 3.67. The van der Waals surface area contributed by atoms with Gasteiger partial charge in [0.1, 0.15) is 0 Å². The number of halogens is 3. The van der Waals surface area contributed by atoms with E-state index < -0.39 is 32.9 Å². The van der Waals surface area contributed by atoms with E-state index in [1.165, 1.54) is 43.3 Å². The first kappa shape index (κ1) is 21.2. The summed E-state index contributed by atoms with van der Waals surface area (Å²) in [6, 6.07) is 14.3. The Kier molecular flexibility index (Phi) is 5.74. The average molecular weight is 437 g/mol. The normalized spacial score (nSPS) is 11.7. The van der Waals surface area contributed by atoms with Crippen LogP contribution in [0.2, 0.25) is 0 Å². The Morgan fingerprint density at radius 1 is 1.00 bits per heavy atom. The Morgan fingerprint density at radius 2 is 1.70 bits per heavy atom. The Labute approximate surface area is 169 Å². The summed E-state index contributed by atoms with van der Waals surface area (Å²) in [6.45, 7) is 1.50. The Morgan fingerprint density at radius 3 is 2.27 bits per heavy atom. The van der Waals surface area contributed by atoms with E-state index in [4.69, 9.17) is 0 Å². The van der Waals surface area contributed by atoms with Crippen molar-refractivity contribution in [2.75, 3.05) is 4.47 Å². The number of anilines is 1. The molecule has 1 aromatic carbocycles. The standard InChI is InChI=1S/C19H14F3N3O4S/c1-13-5-4-7-17(24-13)25(29-18(26)19(20,21)22)30(27,28)15-10-8-14(9-11-15)16-6-2-3-12-23-16/h2-12H,1H3. The zero-order valence-electron chi connectivity index (χ0n) is 15.4. The third-order valence-electron chi connectivity index (χ3n) is 3.79. The molecule has 0 aliphatic rings. The first-order valence-electron chi connectivity index (χ1n) is 8.38. The third-order valence-corrected chi connectivity index (χ3v) is 5.36. The number of benzene rings is 1. The van der Waals surface area contributed by atoms with Crippen LogP contribution in [0.5, 0.6) is 0 Å². The van der Waals surface area contributed by atoms with Gasteiger partial charge in [-0.15, -0.1) is 0 Å². The van der Waals surface area contributed by atoms with Gasteiger partial charge in [-0.25, -0.2) is 9.78 Å². The number of hydrogen-bond donors (Lipinski definition) is 0. The van der Waals surface area contributed by atoms with Gasteiger partial charge in [0.05, 0.1) is 10.6 Å². The van der Waals surface area contributed by atoms with Crippen molar-refractivity contribution in [2.45, 2.75) is 18.0 Å². The summed E-state index contributed by atoms with van der Waals surface area (Å²) in [5.74, 6) is -3.19. The van der Waals surface area contributed by atoms with E-state index in [1.807, 2.05) is 0 Å². The van der Waals surface area contributed by atoms with Gasteiger partial charge in [-0.3, -0.25) is 4.98 Å². The van der Waals surface area contributed by atoms with Crippen LogP contribution in [0.3, 0.4) is 0 Å². The summed E-state index contributed by atoms with van der Waals surface area (Å²) < 4.78 is 64.0. The SMILES string of the molecule is Cc1cccc(N(OC(=O)C(F)(F)F)S(=O)(=O)c2ccc(-c3ccccn3)cc2)n1. The van der Waals surface area contributed by atoms with E-state index in [1.54, 1.807) is 24.4 Å². The lowest BCUT2D eigenvalue weighted by atomic mass is 10.1. The number of carbonyl (C=O) groups excluding carboxylic acids is 1. The first-order valence-corrected chi connectivity index (χ1v) is 9.82. The molecular weight excluding hydrogens is 423 g/mol. The highest BCUT2D eigenvalue weighted by Gasteiger charge is 2.45. The second-order valence-corrected chi connectivity index (χ2v) is 7.74. The van der Waals surface area contributed by atoms with E-state index in [-0.39, 0.29) is 4.47 Å². The second-order valence-electron chi connectivity index (χ2n) is 5.99. The molecule has 7 nitrogen and oxygen atoms in total. The number of aromatic nitrogens is 2. The lowest BCUT2D eigenvalue weighted by Crippen LogP contribution is -2.39. The smallest absolute Gasteiger partial charge is 0.315 e. The number of aryl methyl sites for hydroxylation is 1. The van der Waals surface area contributed by atoms with Gasteiger partial charge in [-0.2, -0.15) is 21.6 Å². The van der Waals surface area contributed by atoms with Crippen molar-refractivity contribution < 1.29 is 31.2 Å². The molecule has 0 atom stereocenters. The molecule has 2 heterocycles. The molecule has 0 aliphatic heterocycles. The maximum Gasteiger partial charge on any atom is 0.493 e. The summed E-state index contributed by atoms with van der Waals surface area (Å²) in [7, 11) is -4.72. The third kappa shape index (κ3) is 4.57. The quantitative estimate of drug-likeness (QED) is 0.566. The number of sulfonamides is 1. The average Bonchev–Trinajstić information content (AvgIpc) is 2.71. The van der Waals surface area contributed by atoms with Gasteiger partial charge in [0.2, 0.25) is 0 Å². The number of pyridine rings is 2. The van der Waals surface area contributed by atoms with Crippen molar-refractivity contribution in [3.05, 3.63) is 72.6 Å². The molecule has 0 aliphatic carbocycles. The lowest BCUT2D eigenvalue weighted by Gasteiger charge is -2.22. The van der Waals surface area contributed by atoms with Crippen LogP contribution in [0.15, 0.2) is 71.8 Å². The zero-order valence-corrected chi connectivity index (χ0v) is 16.2. The molecule has 0 N–H and O–H groups in total.